The van der Waals surface area contributed by atoms with Crippen LogP contribution < -0.4 is 0 Å². The number of hydrogen-bond donors (Lipinski definition) is 0. The predicted octanol–water partition coefficient (Wildman–Crippen LogP) is 9.00. The van der Waals surface area contributed by atoms with Crippen molar-refractivity contribution in [2.75, 3.05) is 6.54 Å². The van der Waals surface area contributed by atoms with Gasteiger partial charge in [0, 0.05) is 28.2 Å². The molecule has 0 fully saturated rings. The molecule has 4 aromatic heterocycles. The Morgan fingerprint density at radius 3 is 2.22 bits per heavy atom. The first-order valence-corrected chi connectivity index (χ1v) is 13.7. The second-order valence-corrected chi connectivity index (χ2v) is 10.1. The van der Waals surface area contributed by atoms with E-state index in [4.69, 9.17) is 15.3 Å². The fraction of sp³-hybridized carbons (Fsp3) is 0.0278. The van der Waals surface area contributed by atoms with Crippen LogP contribution in [0.4, 0.5) is 5.69 Å². The summed E-state index contributed by atoms with van der Waals surface area (Å²) in [7, 11) is 0. The minimum atomic E-state index is 0.694. The van der Waals surface area contributed by atoms with Crippen molar-refractivity contribution in [1.82, 2.24) is 19.5 Å². The van der Waals surface area contributed by atoms with Crippen molar-refractivity contribution < 1.29 is 0 Å². The molecule has 0 N–H and O–H groups in total. The van der Waals surface area contributed by atoms with Crippen LogP contribution in [-0.2, 0) is 0 Å². The molecular formula is C36H24N5-. The van der Waals surface area contributed by atoms with E-state index >= 15 is 0 Å². The molecule has 1 aliphatic heterocycles. The van der Waals surface area contributed by atoms with Crippen molar-refractivity contribution in [3.8, 4) is 39.6 Å². The number of fused-ring (bicyclic) bond motifs is 4. The molecule has 41 heavy (non-hydrogen) atoms. The highest BCUT2D eigenvalue weighted by molar-refractivity contribution is 6.08. The van der Waals surface area contributed by atoms with E-state index in [1.54, 1.807) is 0 Å². The Bertz CT molecular complexity index is 2050. The Hall–Kier alpha value is -5.55. The third-order valence-corrected chi connectivity index (χ3v) is 7.65. The second kappa shape index (κ2) is 9.57. The molecule has 0 spiro atoms. The van der Waals surface area contributed by atoms with Gasteiger partial charge in [0.05, 0.1) is 40.0 Å². The van der Waals surface area contributed by atoms with Gasteiger partial charge in [0.1, 0.15) is 0 Å². The van der Waals surface area contributed by atoms with Crippen molar-refractivity contribution in [3.63, 3.8) is 0 Å². The minimum Gasteiger partial charge on any atom is -0.680 e. The largest absolute Gasteiger partial charge is 0.680 e. The maximum atomic E-state index is 5.01. The third-order valence-electron chi connectivity index (χ3n) is 7.65. The molecule has 7 aromatic rings. The van der Waals surface area contributed by atoms with Gasteiger partial charge in [-0.15, -0.1) is 18.3 Å². The lowest BCUT2D eigenvalue weighted by Crippen LogP contribution is -1.95. The lowest BCUT2D eigenvalue weighted by Gasteiger charge is -2.29. The van der Waals surface area contributed by atoms with Crippen LogP contribution in [0.15, 0.2) is 128 Å². The highest BCUT2D eigenvalue weighted by atomic mass is 15.0. The number of benzene rings is 3. The minimum absolute atomic E-state index is 0.694. The molecule has 0 saturated carbocycles. The molecule has 5 heteroatoms. The van der Waals surface area contributed by atoms with E-state index in [9.17, 15) is 0 Å². The van der Waals surface area contributed by atoms with Crippen molar-refractivity contribution in [2.24, 2.45) is 0 Å². The molecule has 0 amide bonds. The van der Waals surface area contributed by atoms with Gasteiger partial charge in [0.25, 0.3) is 0 Å². The van der Waals surface area contributed by atoms with E-state index in [-0.39, 0.29) is 0 Å². The Kier molecular flexibility index (Phi) is 5.45. The van der Waals surface area contributed by atoms with Crippen LogP contribution in [0.5, 0.6) is 0 Å². The lowest BCUT2D eigenvalue weighted by atomic mass is 10.0. The number of pyridine rings is 3. The summed E-state index contributed by atoms with van der Waals surface area (Å²) in [4.78, 5) is 14.4. The van der Waals surface area contributed by atoms with E-state index in [0.717, 1.165) is 61.9 Å². The second-order valence-electron chi connectivity index (χ2n) is 10.1. The Balaban J connectivity index is 1.15. The van der Waals surface area contributed by atoms with E-state index in [0.29, 0.717) is 6.54 Å². The predicted molar refractivity (Wildman–Crippen MR) is 167 cm³/mol. The first-order valence-electron chi connectivity index (χ1n) is 13.7. The molecule has 5 nitrogen and oxygen atoms in total. The summed E-state index contributed by atoms with van der Waals surface area (Å²) in [5.41, 5.74) is 11.0. The van der Waals surface area contributed by atoms with Gasteiger partial charge in [-0.2, -0.15) is 0 Å². The summed E-state index contributed by atoms with van der Waals surface area (Å²) >= 11 is 0. The van der Waals surface area contributed by atoms with Gasteiger partial charge < -0.3 is 9.88 Å². The average molecular weight is 527 g/mol. The van der Waals surface area contributed by atoms with Gasteiger partial charge in [-0.05, 0) is 59.7 Å². The number of aromatic nitrogens is 4. The monoisotopic (exact) mass is 526 g/mol. The van der Waals surface area contributed by atoms with E-state index < -0.39 is 0 Å². The smallest absolute Gasteiger partial charge is 0.0893 e. The zero-order valence-electron chi connectivity index (χ0n) is 22.1. The summed E-state index contributed by atoms with van der Waals surface area (Å²) in [6, 6.07) is 37.6. The fourth-order valence-electron chi connectivity index (χ4n) is 5.75. The Morgan fingerprint density at radius 2 is 1.34 bits per heavy atom. The maximum absolute atomic E-state index is 5.01. The molecule has 5 heterocycles. The first-order chi connectivity index (χ1) is 20.3. The number of rotatable bonds is 4. The summed E-state index contributed by atoms with van der Waals surface area (Å²) in [6.45, 7) is 0.694. The fourth-order valence-corrected chi connectivity index (χ4v) is 5.75. The van der Waals surface area contributed by atoms with Crippen LogP contribution in [0.25, 0.3) is 72.8 Å². The number of hydrogen-bond acceptors (Lipinski definition) is 3. The van der Waals surface area contributed by atoms with E-state index in [1.807, 2.05) is 48.8 Å². The summed E-state index contributed by atoms with van der Waals surface area (Å²) in [5.74, 6) is 0. The third kappa shape index (κ3) is 3.98. The standard InChI is InChI=1S/C36H24N5/c1-2-15-34-27(9-1)28-20-22-37-23-35(28)41(34)26-18-16-24(17-19-26)30-11-4-13-32(39-30)33-14-5-12-31(40-33)29-10-3-7-25-8-6-21-38-36(25)29/h1-20,22-23H,21H2/q-1. The molecule has 0 saturated heterocycles. The van der Waals surface area contributed by atoms with Crippen LogP contribution in [-0.4, -0.2) is 26.1 Å². The molecule has 194 valence electrons. The molecular weight excluding hydrogens is 502 g/mol. The highest BCUT2D eigenvalue weighted by Crippen LogP contribution is 2.39. The first kappa shape index (κ1) is 23.3. The van der Waals surface area contributed by atoms with Crippen molar-refractivity contribution in [2.45, 2.75) is 0 Å². The molecule has 1 aliphatic rings. The molecule has 0 aliphatic carbocycles. The van der Waals surface area contributed by atoms with Crippen molar-refractivity contribution in [1.29, 1.82) is 0 Å². The number of para-hydroxylation sites is 2. The molecule has 0 atom stereocenters. The molecule has 0 bridgehead atoms. The quantitative estimate of drug-likeness (QED) is 0.230. The van der Waals surface area contributed by atoms with Crippen molar-refractivity contribution in [3.05, 3.63) is 139 Å². The van der Waals surface area contributed by atoms with E-state index in [2.05, 4.69) is 94.5 Å². The van der Waals surface area contributed by atoms with Gasteiger partial charge >= 0.3 is 0 Å². The lowest BCUT2D eigenvalue weighted by molar-refractivity contribution is 1.16. The van der Waals surface area contributed by atoms with Gasteiger partial charge in [-0.25, -0.2) is 9.97 Å². The maximum Gasteiger partial charge on any atom is 0.0893 e. The van der Waals surface area contributed by atoms with Gasteiger partial charge in [0.2, 0.25) is 0 Å². The Labute approximate surface area is 237 Å². The van der Waals surface area contributed by atoms with Crippen LogP contribution in [0, 0.1) is 0 Å². The number of nitrogens with zero attached hydrogens (tertiary/aromatic N) is 5. The Morgan fingerprint density at radius 1 is 0.610 bits per heavy atom. The summed E-state index contributed by atoms with van der Waals surface area (Å²) in [5, 5.41) is 7.16. The topological polar surface area (TPSA) is 57.7 Å². The summed E-state index contributed by atoms with van der Waals surface area (Å²) in [6.07, 6.45) is 8.00. The molecule has 0 unspecified atom stereocenters. The SMILES string of the molecule is C1=Cc2cccc(-c3cccc(-c4cccc(-c5ccc(-n6c7ccccc7c7ccncc76)cc5)n4)n3)c2[N-]C1. The highest BCUT2D eigenvalue weighted by Gasteiger charge is 2.13. The van der Waals surface area contributed by atoms with Crippen LogP contribution >= 0.6 is 0 Å². The normalized spacial score (nSPS) is 12.4. The molecule has 8 rings (SSSR count). The summed E-state index contributed by atoms with van der Waals surface area (Å²) < 4.78 is 2.27. The average Bonchev–Trinajstić information content (AvgIpc) is 3.39. The van der Waals surface area contributed by atoms with Gasteiger partial charge in [-0.1, -0.05) is 66.7 Å². The molecule has 3 aromatic carbocycles. The molecule has 0 radical (unpaired) electrons. The zero-order chi connectivity index (χ0) is 27.2. The van der Waals surface area contributed by atoms with Crippen molar-refractivity contribution >= 4 is 33.6 Å². The van der Waals surface area contributed by atoms with Crippen LogP contribution in [0.1, 0.15) is 5.56 Å². The van der Waals surface area contributed by atoms with E-state index in [1.165, 1.54) is 10.8 Å². The zero-order valence-corrected chi connectivity index (χ0v) is 22.1. The van der Waals surface area contributed by atoms with Gasteiger partial charge in [-0.3, -0.25) is 4.98 Å². The van der Waals surface area contributed by atoms with Crippen LogP contribution in [0.2, 0.25) is 0 Å². The van der Waals surface area contributed by atoms with Crippen LogP contribution in [0.3, 0.4) is 0 Å². The van der Waals surface area contributed by atoms with Gasteiger partial charge in [0.15, 0.2) is 0 Å².